The summed E-state index contributed by atoms with van der Waals surface area (Å²) in [6.45, 7) is 2.23. The van der Waals surface area contributed by atoms with Gasteiger partial charge in [0.25, 0.3) is 0 Å². The lowest BCUT2D eigenvalue weighted by Gasteiger charge is -2.28. The van der Waals surface area contributed by atoms with Crippen molar-refractivity contribution in [1.82, 2.24) is 10.2 Å². The van der Waals surface area contributed by atoms with E-state index in [0.717, 1.165) is 32.4 Å². The molecule has 1 aromatic carbocycles. The smallest absolute Gasteiger partial charge is 0.237 e. The van der Waals surface area contributed by atoms with Gasteiger partial charge in [0.15, 0.2) is 0 Å². The zero-order chi connectivity index (χ0) is 14.9. The first kappa shape index (κ1) is 14.5. The third-order valence-electron chi connectivity index (χ3n) is 5.45. The third kappa shape index (κ3) is 2.70. The van der Waals surface area contributed by atoms with Crippen molar-refractivity contribution in [2.45, 2.75) is 43.2 Å². The maximum atomic E-state index is 11.7. The molecule has 0 bridgehead atoms. The Hall–Kier alpha value is -1.39. The molecule has 2 aliphatic rings. The van der Waals surface area contributed by atoms with E-state index in [1.807, 2.05) is 7.05 Å². The number of amides is 1. The number of primary amides is 1. The van der Waals surface area contributed by atoms with Crippen molar-refractivity contribution in [3.05, 3.63) is 35.9 Å². The highest BCUT2D eigenvalue weighted by Gasteiger charge is 2.45. The Balaban J connectivity index is 1.64. The summed E-state index contributed by atoms with van der Waals surface area (Å²) in [5, 5.41) is 3.17. The highest BCUT2D eigenvalue weighted by atomic mass is 16.1. The van der Waals surface area contributed by atoms with Gasteiger partial charge in [0.05, 0.1) is 5.54 Å². The molecule has 4 heteroatoms. The van der Waals surface area contributed by atoms with Crippen molar-refractivity contribution in [2.24, 2.45) is 5.73 Å². The number of likely N-dealkylation sites (tertiary alicyclic amines) is 1. The van der Waals surface area contributed by atoms with Crippen LogP contribution in [0, 0.1) is 0 Å². The van der Waals surface area contributed by atoms with Crippen LogP contribution in [0.4, 0.5) is 0 Å². The number of carbonyl (C=O) groups is 1. The Bertz CT molecular complexity index is 504. The van der Waals surface area contributed by atoms with Crippen LogP contribution in [0.1, 0.15) is 37.2 Å². The molecular weight excluding hydrogens is 262 g/mol. The molecule has 2 fully saturated rings. The van der Waals surface area contributed by atoms with Gasteiger partial charge in [0.2, 0.25) is 5.91 Å². The fraction of sp³-hybridized carbons (Fsp3) is 0.588. The van der Waals surface area contributed by atoms with Gasteiger partial charge in [-0.05, 0) is 50.8 Å². The van der Waals surface area contributed by atoms with Crippen LogP contribution >= 0.6 is 0 Å². The average molecular weight is 287 g/mol. The Morgan fingerprint density at radius 1 is 1.33 bits per heavy atom. The second-order valence-corrected chi connectivity index (χ2v) is 6.48. The quantitative estimate of drug-likeness (QED) is 0.882. The number of nitrogens with one attached hydrogen (secondary N) is 1. The summed E-state index contributed by atoms with van der Waals surface area (Å²) >= 11 is 0. The van der Waals surface area contributed by atoms with Crippen LogP contribution < -0.4 is 11.1 Å². The minimum atomic E-state index is -0.491. The number of benzene rings is 1. The number of likely N-dealkylation sites (N-methyl/N-ethyl adjacent to an activating group) is 1. The second kappa shape index (κ2) is 5.78. The van der Waals surface area contributed by atoms with E-state index < -0.39 is 5.54 Å². The molecule has 1 saturated carbocycles. The van der Waals surface area contributed by atoms with E-state index in [1.54, 1.807) is 0 Å². The van der Waals surface area contributed by atoms with E-state index in [-0.39, 0.29) is 5.91 Å². The zero-order valence-corrected chi connectivity index (χ0v) is 12.7. The minimum Gasteiger partial charge on any atom is -0.368 e. The molecule has 1 heterocycles. The molecule has 4 nitrogen and oxygen atoms in total. The summed E-state index contributed by atoms with van der Waals surface area (Å²) in [5.41, 5.74) is 6.55. The number of hydrogen-bond donors (Lipinski definition) is 2. The van der Waals surface area contributed by atoms with Gasteiger partial charge in [-0.2, -0.15) is 0 Å². The normalized spacial score (nSPS) is 33.4. The summed E-state index contributed by atoms with van der Waals surface area (Å²) in [4.78, 5) is 14.3. The molecule has 3 N–H and O–H groups in total. The molecule has 3 rings (SSSR count). The van der Waals surface area contributed by atoms with Crippen molar-refractivity contribution >= 4 is 5.91 Å². The molecule has 21 heavy (non-hydrogen) atoms. The van der Waals surface area contributed by atoms with E-state index >= 15 is 0 Å². The first-order chi connectivity index (χ1) is 10.1. The van der Waals surface area contributed by atoms with Crippen LogP contribution in [0.2, 0.25) is 0 Å². The Morgan fingerprint density at radius 2 is 2.10 bits per heavy atom. The molecule has 1 aliphatic heterocycles. The van der Waals surface area contributed by atoms with Crippen molar-refractivity contribution in [2.75, 3.05) is 20.1 Å². The van der Waals surface area contributed by atoms with Crippen LogP contribution in [0.25, 0.3) is 0 Å². The number of nitrogens with two attached hydrogens (primary N) is 1. The van der Waals surface area contributed by atoms with Crippen LogP contribution in [0.3, 0.4) is 0 Å². The van der Waals surface area contributed by atoms with Crippen LogP contribution in [0.15, 0.2) is 30.3 Å². The SMILES string of the molecule is CNC1(C(N)=O)CCC(N2CCC(c3ccccc3)C2)C1. The third-order valence-corrected chi connectivity index (χ3v) is 5.45. The molecule has 1 amide bonds. The molecule has 1 aromatic rings. The second-order valence-electron chi connectivity index (χ2n) is 6.48. The molecule has 114 valence electrons. The standard InChI is InChI=1S/C17H25N3O/c1-19-17(16(18)21)9-7-15(11-17)20-10-8-14(12-20)13-5-3-2-4-6-13/h2-6,14-15,19H,7-12H2,1H3,(H2,18,21). The lowest BCUT2D eigenvalue weighted by atomic mass is 9.96. The number of carbonyl (C=O) groups excluding carboxylic acids is 1. The molecule has 0 radical (unpaired) electrons. The van der Waals surface area contributed by atoms with Crippen molar-refractivity contribution in [3.63, 3.8) is 0 Å². The fourth-order valence-electron chi connectivity index (χ4n) is 4.02. The maximum absolute atomic E-state index is 11.7. The molecule has 0 spiro atoms. The van der Waals surface area contributed by atoms with Crippen LogP contribution in [-0.4, -0.2) is 42.5 Å². The Kier molecular flexibility index (Phi) is 4.00. The first-order valence-electron chi connectivity index (χ1n) is 7.92. The lowest BCUT2D eigenvalue weighted by Crippen LogP contribution is -2.53. The highest BCUT2D eigenvalue weighted by Crippen LogP contribution is 2.37. The number of rotatable bonds is 4. The summed E-state index contributed by atoms with van der Waals surface area (Å²) in [5.74, 6) is 0.427. The van der Waals surface area contributed by atoms with E-state index in [2.05, 4.69) is 40.5 Å². The van der Waals surface area contributed by atoms with E-state index in [9.17, 15) is 4.79 Å². The van der Waals surface area contributed by atoms with E-state index in [0.29, 0.717) is 12.0 Å². The van der Waals surface area contributed by atoms with Gasteiger partial charge in [0, 0.05) is 12.6 Å². The van der Waals surface area contributed by atoms with Gasteiger partial charge >= 0.3 is 0 Å². The minimum absolute atomic E-state index is 0.202. The maximum Gasteiger partial charge on any atom is 0.237 e. The summed E-state index contributed by atoms with van der Waals surface area (Å²) < 4.78 is 0. The topological polar surface area (TPSA) is 58.4 Å². The summed E-state index contributed by atoms with van der Waals surface area (Å²) in [6, 6.07) is 11.2. The lowest BCUT2D eigenvalue weighted by molar-refractivity contribution is -0.124. The average Bonchev–Trinajstić information content (AvgIpc) is 3.15. The van der Waals surface area contributed by atoms with Crippen LogP contribution in [-0.2, 0) is 4.79 Å². The van der Waals surface area contributed by atoms with Gasteiger partial charge in [0.1, 0.15) is 0 Å². The predicted molar refractivity (Wildman–Crippen MR) is 84.0 cm³/mol. The van der Waals surface area contributed by atoms with Crippen molar-refractivity contribution < 1.29 is 4.79 Å². The highest BCUT2D eigenvalue weighted by molar-refractivity contribution is 5.85. The largest absolute Gasteiger partial charge is 0.368 e. The molecule has 1 aliphatic carbocycles. The van der Waals surface area contributed by atoms with Crippen LogP contribution in [0.5, 0.6) is 0 Å². The molecule has 3 atom stereocenters. The van der Waals surface area contributed by atoms with Crippen molar-refractivity contribution in [1.29, 1.82) is 0 Å². The molecule has 3 unspecified atom stereocenters. The number of nitrogens with zero attached hydrogens (tertiary/aromatic N) is 1. The first-order valence-corrected chi connectivity index (χ1v) is 7.92. The summed E-state index contributed by atoms with van der Waals surface area (Å²) in [7, 11) is 1.85. The van der Waals surface area contributed by atoms with Gasteiger partial charge in [-0.25, -0.2) is 0 Å². The van der Waals surface area contributed by atoms with Gasteiger partial charge < -0.3 is 11.1 Å². The summed E-state index contributed by atoms with van der Waals surface area (Å²) in [6.07, 6.45) is 3.98. The molecule has 0 aromatic heterocycles. The Labute approximate surface area is 126 Å². The monoisotopic (exact) mass is 287 g/mol. The number of hydrogen-bond acceptors (Lipinski definition) is 3. The van der Waals surface area contributed by atoms with Crippen molar-refractivity contribution in [3.8, 4) is 0 Å². The zero-order valence-electron chi connectivity index (χ0n) is 12.7. The van der Waals surface area contributed by atoms with E-state index in [1.165, 1.54) is 12.0 Å². The Morgan fingerprint density at radius 3 is 2.71 bits per heavy atom. The molecule has 1 saturated heterocycles. The predicted octanol–water partition coefficient (Wildman–Crippen LogP) is 1.47. The van der Waals surface area contributed by atoms with Gasteiger partial charge in [-0.3, -0.25) is 9.69 Å². The van der Waals surface area contributed by atoms with Gasteiger partial charge in [-0.1, -0.05) is 30.3 Å². The van der Waals surface area contributed by atoms with E-state index in [4.69, 9.17) is 5.73 Å². The van der Waals surface area contributed by atoms with Gasteiger partial charge in [-0.15, -0.1) is 0 Å². The fourth-order valence-corrected chi connectivity index (χ4v) is 4.02. The molecular formula is C17H25N3O.